The van der Waals surface area contributed by atoms with Crippen LogP contribution >= 0.6 is 11.6 Å². The van der Waals surface area contributed by atoms with Crippen LogP contribution in [0.15, 0.2) is 18.2 Å². The van der Waals surface area contributed by atoms with Gasteiger partial charge < -0.3 is 10.0 Å². The summed E-state index contributed by atoms with van der Waals surface area (Å²) in [7, 11) is 0. The minimum Gasteiger partial charge on any atom is -0.481 e. The Bertz CT molecular complexity index is 544. The molecule has 5 heteroatoms. The summed E-state index contributed by atoms with van der Waals surface area (Å²) in [6, 6.07) is 4.85. The predicted octanol–water partition coefficient (Wildman–Crippen LogP) is 2.97. The molecule has 1 N–H and O–H groups in total. The first-order valence-corrected chi connectivity index (χ1v) is 7.09. The molecule has 0 aliphatic carbocycles. The van der Waals surface area contributed by atoms with Crippen molar-refractivity contribution in [3.63, 3.8) is 0 Å². The van der Waals surface area contributed by atoms with E-state index in [4.69, 9.17) is 11.6 Å². The molecule has 20 heavy (non-hydrogen) atoms. The average Bonchev–Trinajstić information content (AvgIpc) is 2.38. The number of hydrogen-bond acceptors (Lipinski definition) is 2. The Morgan fingerprint density at radius 3 is 2.70 bits per heavy atom. The summed E-state index contributed by atoms with van der Waals surface area (Å²) in [6.07, 6.45) is 1.35. The van der Waals surface area contributed by atoms with Crippen LogP contribution in [0.1, 0.15) is 35.7 Å². The van der Waals surface area contributed by atoms with Crippen molar-refractivity contribution in [2.45, 2.75) is 32.7 Å². The number of rotatable bonds is 2. The quantitative estimate of drug-likeness (QED) is 0.912. The maximum absolute atomic E-state index is 12.6. The molecule has 0 radical (unpaired) electrons. The maximum Gasteiger partial charge on any atom is 0.308 e. The number of halogens is 1. The molecule has 4 nitrogen and oxygen atoms in total. The molecule has 1 saturated heterocycles. The van der Waals surface area contributed by atoms with Gasteiger partial charge in [0.2, 0.25) is 0 Å². The maximum atomic E-state index is 12.6. The van der Waals surface area contributed by atoms with Crippen LogP contribution in [0.5, 0.6) is 0 Å². The van der Waals surface area contributed by atoms with E-state index >= 15 is 0 Å². The largest absolute Gasteiger partial charge is 0.481 e. The molecule has 1 fully saturated rings. The van der Waals surface area contributed by atoms with Gasteiger partial charge in [-0.05, 0) is 50.5 Å². The molecular formula is C15H18ClNO3. The normalized spacial score (nSPS) is 22.6. The lowest BCUT2D eigenvalue weighted by Gasteiger charge is -2.37. The van der Waals surface area contributed by atoms with Crippen molar-refractivity contribution in [1.82, 2.24) is 4.90 Å². The third-order valence-electron chi connectivity index (χ3n) is 3.98. The van der Waals surface area contributed by atoms with Crippen molar-refractivity contribution in [1.29, 1.82) is 0 Å². The summed E-state index contributed by atoms with van der Waals surface area (Å²) in [6.45, 7) is 4.25. The molecular weight excluding hydrogens is 278 g/mol. The first-order valence-electron chi connectivity index (χ1n) is 6.71. The van der Waals surface area contributed by atoms with Gasteiger partial charge in [0.15, 0.2) is 0 Å². The summed E-state index contributed by atoms with van der Waals surface area (Å²) in [5, 5.41) is 9.81. The Balaban J connectivity index is 2.26. The second-order valence-electron chi connectivity index (χ2n) is 5.29. The zero-order chi connectivity index (χ0) is 14.9. The number of piperidine rings is 1. The van der Waals surface area contributed by atoms with Crippen molar-refractivity contribution in [3.05, 3.63) is 34.3 Å². The molecule has 1 aromatic rings. The van der Waals surface area contributed by atoms with Crippen LogP contribution < -0.4 is 0 Å². The Hall–Kier alpha value is -1.55. The minimum atomic E-state index is -0.831. The molecule has 1 aliphatic heterocycles. The topological polar surface area (TPSA) is 57.6 Å². The molecule has 0 saturated carbocycles. The molecule has 1 aromatic carbocycles. The van der Waals surface area contributed by atoms with Gasteiger partial charge in [0.25, 0.3) is 5.91 Å². The summed E-state index contributed by atoms with van der Waals surface area (Å²) in [4.78, 5) is 25.5. The van der Waals surface area contributed by atoms with Crippen LogP contribution in [-0.2, 0) is 4.79 Å². The van der Waals surface area contributed by atoms with E-state index in [1.807, 2.05) is 6.92 Å². The van der Waals surface area contributed by atoms with Gasteiger partial charge in [-0.25, -0.2) is 0 Å². The van der Waals surface area contributed by atoms with E-state index in [2.05, 4.69) is 0 Å². The number of aryl methyl sites for hydroxylation is 1. The van der Waals surface area contributed by atoms with E-state index in [0.29, 0.717) is 23.6 Å². The predicted molar refractivity (Wildman–Crippen MR) is 77.0 cm³/mol. The number of carbonyl (C=O) groups is 2. The molecule has 0 aromatic heterocycles. The number of carboxylic acids is 1. The van der Waals surface area contributed by atoms with E-state index in [1.54, 1.807) is 30.0 Å². The SMILES string of the molecule is Cc1cc(Cl)ccc1C(=O)N1CCC[C@@H](C(=O)O)[C@H]1C. The fourth-order valence-electron chi connectivity index (χ4n) is 2.78. The number of benzene rings is 1. The summed E-state index contributed by atoms with van der Waals surface area (Å²) in [5.74, 6) is -1.43. The number of amides is 1. The van der Waals surface area contributed by atoms with Crippen LogP contribution in [0, 0.1) is 12.8 Å². The van der Waals surface area contributed by atoms with Crippen molar-refractivity contribution >= 4 is 23.5 Å². The lowest BCUT2D eigenvalue weighted by atomic mass is 9.89. The molecule has 0 bridgehead atoms. The van der Waals surface area contributed by atoms with Gasteiger partial charge in [0, 0.05) is 23.2 Å². The smallest absolute Gasteiger partial charge is 0.308 e. The zero-order valence-electron chi connectivity index (χ0n) is 11.6. The number of carbonyl (C=O) groups excluding carboxylic acids is 1. The van der Waals surface area contributed by atoms with Crippen molar-refractivity contribution < 1.29 is 14.7 Å². The molecule has 1 amide bonds. The van der Waals surface area contributed by atoms with E-state index in [0.717, 1.165) is 12.0 Å². The van der Waals surface area contributed by atoms with Gasteiger partial charge in [-0.2, -0.15) is 0 Å². The van der Waals surface area contributed by atoms with Crippen LogP contribution in [0.25, 0.3) is 0 Å². The fraction of sp³-hybridized carbons (Fsp3) is 0.467. The highest BCUT2D eigenvalue weighted by Crippen LogP contribution is 2.26. The third-order valence-corrected chi connectivity index (χ3v) is 4.22. The van der Waals surface area contributed by atoms with Crippen LogP contribution in [0.2, 0.25) is 5.02 Å². The molecule has 2 atom stereocenters. The lowest BCUT2D eigenvalue weighted by molar-refractivity contribution is -0.144. The van der Waals surface area contributed by atoms with E-state index in [-0.39, 0.29) is 11.9 Å². The van der Waals surface area contributed by atoms with Crippen molar-refractivity contribution in [2.24, 2.45) is 5.92 Å². The Morgan fingerprint density at radius 2 is 2.10 bits per heavy atom. The summed E-state index contributed by atoms with van der Waals surface area (Å²) < 4.78 is 0. The number of hydrogen-bond donors (Lipinski definition) is 1. The molecule has 0 spiro atoms. The number of nitrogens with zero attached hydrogens (tertiary/aromatic N) is 1. The molecule has 108 valence electrons. The van der Waals surface area contributed by atoms with Crippen molar-refractivity contribution in [3.8, 4) is 0 Å². The number of carboxylic acid groups (broad SMARTS) is 1. The highest BCUT2D eigenvalue weighted by Gasteiger charge is 2.35. The standard InChI is InChI=1S/C15H18ClNO3/c1-9-8-11(16)5-6-12(9)14(18)17-7-3-4-13(10(17)2)15(19)20/h5-6,8,10,13H,3-4,7H2,1-2H3,(H,19,20)/t10-,13-/m1/s1. The van der Waals surface area contributed by atoms with E-state index in [9.17, 15) is 14.7 Å². The monoisotopic (exact) mass is 295 g/mol. The van der Waals surface area contributed by atoms with E-state index < -0.39 is 11.9 Å². The second-order valence-corrected chi connectivity index (χ2v) is 5.72. The number of likely N-dealkylation sites (tertiary alicyclic amines) is 1. The van der Waals surface area contributed by atoms with Gasteiger partial charge >= 0.3 is 5.97 Å². The first kappa shape index (κ1) is 14.9. The van der Waals surface area contributed by atoms with Crippen LogP contribution in [-0.4, -0.2) is 34.5 Å². The second kappa shape index (κ2) is 5.83. The minimum absolute atomic E-state index is 0.113. The molecule has 1 aliphatic rings. The third kappa shape index (κ3) is 2.80. The highest BCUT2D eigenvalue weighted by molar-refractivity contribution is 6.30. The average molecular weight is 296 g/mol. The van der Waals surface area contributed by atoms with Gasteiger partial charge in [0.05, 0.1) is 5.92 Å². The van der Waals surface area contributed by atoms with Gasteiger partial charge in [-0.15, -0.1) is 0 Å². The lowest BCUT2D eigenvalue weighted by Crippen LogP contribution is -2.49. The van der Waals surface area contributed by atoms with E-state index in [1.165, 1.54) is 0 Å². The Labute approximate surface area is 123 Å². The van der Waals surface area contributed by atoms with Crippen molar-refractivity contribution in [2.75, 3.05) is 6.54 Å². The van der Waals surface area contributed by atoms with Gasteiger partial charge in [-0.1, -0.05) is 11.6 Å². The summed E-state index contributed by atoms with van der Waals surface area (Å²) in [5.41, 5.74) is 1.40. The Morgan fingerprint density at radius 1 is 1.40 bits per heavy atom. The fourth-order valence-corrected chi connectivity index (χ4v) is 3.01. The Kier molecular flexibility index (Phi) is 4.33. The van der Waals surface area contributed by atoms with Crippen LogP contribution in [0.4, 0.5) is 0 Å². The zero-order valence-corrected chi connectivity index (χ0v) is 12.4. The van der Waals surface area contributed by atoms with Gasteiger partial charge in [0.1, 0.15) is 0 Å². The first-order chi connectivity index (χ1) is 9.41. The summed E-state index contributed by atoms with van der Waals surface area (Å²) >= 11 is 5.90. The molecule has 0 unspecified atom stereocenters. The molecule has 1 heterocycles. The van der Waals surface area contributed by atoms with Crippen LogP contribution in [0.3, 0.4) is 0 Å². The van der Waals surface area contributed by atoms with Gasteiger partial charge in [-0.3, -0.25) is 9.59 Å². The highest BCUT2D eigenvalue weighted by atomic mass is 35.5. The molecule has 2 rings (SSSR count). The number of aliphatic carboxylic acids is 1.